The molecule has 1 aliphatic carbocycles. The van der Waals surface area contributed by atoms with Crippen molar-refractivity contribution in [2.24, 2.45) is 11.7 Å². The van der Waals surface area contributed by atoms with Gasteiger partial charge in [0.05, 0.1) is 5.60 Å². The van der Waals surface area contributed by atoms with Crippen LogP contribution in [0.15, 0.2) is 18.2 Å². The van der Waals surface area contributed by atoms with E-state index in [-0.39, 0.29) is 17.5 Å². The van der Waals surface area contributed by atoms with Gasteiger partial charge in [0, 0.05) is 12.6 Å². The minimum absolute atomic E-state index is 0.0712. The van der Waals surface area contributed by atoms with Crippen LogP contribution in [0.25, 0.3) is 0 Å². The lowest BCUT2D eigenvalue weighted by molar-refractivity contribution is -0.0964. The number of halogens is 1. The molecule has 1 saturated carbocycles. The fraction of sp³-hybridized carbons (Fsp3) is 0.647. The van der Waals surface area contributed by atoms with Crippen molar-refractivity contribution < 1.29 is 9.13 Å². The van der Waals surface area contributed by atoms with Gasteiger partial charge in [-0.15, -0.1) is 0 Å². The summed E-state index contributed by atoms with van der Waals surface area (Å²) < 4.78 is 19.6. The molecule has 1 saturated heterocycles. The lowest BCUT2D eigenvalue weighted by Gasteiger charge is -2.40. The monoisotopic (exact) mass is 277 g/mol. The molecule has 1 heterocycles. The summed E-state index contributed by atoms with van der Waals surface area (Å²) in [6, 6.07) is 4.87. The quantitative estimate of drug-likeness (QED) is 0.890. The first-order valence-electron chi connectivity index (χ1n) is 7.75. The van der Waals surface area contributed by atoms with Gasteiger partial charge >= 0.3 is 0 Å². The second-order valence-electron chi connectivity index (χ2n) is 6.52. The number of benzene rings is 1. The van der Waals surface area contributed by atoms with Gasteiger partial charge in [-0.2, -0.15) is 0 Å². The highest BCUT2D eigenvalue weighted by atomic mass is 19.1. The Morgan fingerprint density at radius 1 is 1.35 bits per heavy atom. The lowest BCUT2D eigenvalue weighted by atomic mass is 9.78. The Hall–Kier alpha value is -0.930. The van der Waals surface area contributed by atoms with Crippen molar-refractivity contribution in [3.63, 3.8) is 0 Å². The average molecular weight is 277 g/mol. The first-order valence-corrected chi connectivity index (χ1v) is 7.75. The third-order valence-corrected chi connectivity index (χ3v) is 5.15. The maximum absolute atomic E-state index is 13.5. The number of aryl methyl sites for hydroxylation is 1. The molecule has 3 rings (SSSR count). The van der Waals surface area contributed by atoms with Crippen molar-refractivity contribution in [1.82, 2.24) is 0 Å². The van der Waals surface area contributed by atoms with Gasteiger partial charge in [-0.25, -0.2) is 4.39 Å². The molecule has 3 heteroatoms. The van der Waals surface area contributed by atoms with E-state index in [0.717, 1.165) is 30.6 Å². The fourth-order valence-electron chi connectivity index (χ4n) is 3.96. The van der Waals surface area contributed by atoms with E-state index >= 15 is 0 Å². The van der Waals surface area contributed by atoms with Crippen LogP contribution >= 0.6 is 0 Å². The molecule has 2 N–H and O–H groups in total. The Bertz CT molecular complexity index is 482. The zero-order valence-corrected chi connectivity index (χ0v) is 12.2. The van der Waals surface area contributed by atoms with Crippen LogP contribution in [0.3, 0.4) is 0 Å². The molecule has 0 aromatic heterocycles. The van der Waals surface area contributed by atoms with Crippen molar-refractivity contribution in [1.29, 1.82) is 0 Å². The molecule has 0 amide bonds. The molecule has 2 fully saturated rings. The van der Waals surface area contributed by atoms with Gasteiger partial charge in [0.2, 0.25) is 0 Å². The summed E-state index contributed by atoms with van der Waals surface area (Å²) in [5, 5.41) is 0. The Morgan fingerprint density at radius 2 is 2.10 bits per heavy atom. The summed E-state index contributed by atoms with van der Waals surface area (Å²) >= 11 is 0. The summed E-state index contributed by atoms with van der Waals surface area (Å²) in [5.74, 6) is 0.214. The highest BCUT2D eigenvalue weighted by molar-refractivity contribution is 5.30. The minimum Gasteiger partial charge on any atom is -0.375 e. The summed E-state index contributed by atoms with van der Waals surface area (Å²) in [6.07, 6.45) is 6.88. The standard InChI is InChI=1S/C17H24FNO/c1-12-4-5-14(18)10-15(12)16(19)13-6-9-20-17(11-13)7-2-3-8-17/h4-5,10,13,16H,2-3,6-9,11,19H2,1H3. The molecule has 2 nitrogen and oxygen atoms in total. The van der Waals surface area contributed by atoms with E-state index in [0.29, 0.717) is 5.92 Å². The van der Waals surface area contributed by atoms with Gasteiger partial charge < -0.3 is 10.5 Å². The van der Waals surface area contributed by atoms with Gasteiger partial charge in [0.15, 0.2) is 0 Å². The number of rotatable bonds is 2. The van der Waals surface area contributed by atoms with Gasteiger partial charge in [0.25, 0.3) is 0 Å². The van der Waals surface area contributed by atoms with E-state index in [2.05, 4.69) is 0 Å². The molecule has 1 spiro atoms. The van der Waals surface area contributed by atoms with E-state index in [4.69, 9.17) is 10.5 Å². The van der Waals surface area contributed by atoms with Crippen LogP contribution in [0.1, 0.15) is 55.7 Å². The van der Waals surface area contributed by atoms with Crippen molar-refractivity contribution in [2.45, 2.75) is 57.1 Å². The molecule has 0 bridgehead atoms. The minimum atomic E-state index is -0.191. The van der Waals surface area contributed by atoms with Crippen molar-refractivity contribution in [3.8, 4) is 0 Å². The van der Waals surface area contributed by atoms with Gasteiger partial charge in [-0.05, 0) is 61.8 Å². The first kappa shape index (κ1) is 14.0. The second kappa shape index (κ2) is 5.45. The zero-order valence-electron chi connectivity index (χ0n) is 12.2. The summed E-state index contributed by atoms with van der Waals surface area (Å²) in [7, 11) is 0. The van der Waals surface area contributed by atoms with Crippen molar-refractivity contribution in [3.05, 3.63) is 35.1 Å². The number of hydrogen-bond donors (Lipinski definition) is 1. The largest absolute Gasteiger partial charge is 0.375 e. The lowest BCUT2D eigenvalue weighted by Crippen LogP contribution is -2.40. The molecule has 0 radical (unpaired) electrons. The molecular weight excluding hydrogens is 253 g/mol. The Morgan fingerprint density at radius 3 is 2.85 bits per heavy atom. The van der Waals surface area contributed by atoms with E-state index in [1.54, 1.807) is 6.07 Å². The zero-order chi connectivity index (χ0) is 14.2. The predicted octanol–water partition coefficient (Wildman–Crippen LogP) is 3.87. The van der Waals surface area contributed by atoms with Crippen molar-refractivity contribution in [2.75, 3.05) is 6.61 Å². The number of nitrogens with two attached hydrogens (primary N) is 1. The molecule has 110 valence electrons. The Kier molecular flexibility index (Phi) is 3.83. The SMILES string of the molecule is Cc1ccc(F)cc1C(N)C1CCOC2(CCCC2)C1. The topological polar surface area (TPSA) is 35.2 Å². The van der Waals surface area contributed by atoms with Crippen LogP contribution in [-0.4, -0.2) is 12.2 Å². The van der Waals surface area contributed by atoms with Crippen LogP contribution in [0, 0.1) is 18.7 Å². The third kappa shape index (κ3) is 2.61. The van der Waals surface area contributed by atoms with Crippen LogP contribution in [0.5, 0.6) is 0 Å². The molecule has 1 aromatic carbocycles. The van der Waals surface area contributed by atoms with E-state index in [9.17, 15) is 4.39 Å². The van der Waals surface area contributed by atoms with Crippen LogP contribution in [0.2, 0.25) is 0 Å². The van der Waals surface area contributed by atoms with Crippen molar-refractivity contribution >= 4 is 0 Å². The molecule has 1 aromatic rings. The molecule has 2 aliphatic rings. The maximum atomic E-state index is 13.5. The van der Waals surface area contributed by atoms with E-state index in [1.165, 1.54) is 31.7 Å². The van der Waals surface area contributed by atoms with Gasteiger partial charge in [-0.1, -0.05) is 18.9 Å². The van der Waals surface area contributed by atoms with Crippen LogP contribution in [-0.2, 0) is 4.74 Å². The molecule has 2 unspecified atom stereocenters. The van der Waals surface area contributed by atoms with Crippen LogP contribution < -0.4 is 5.73 Å². The van der Waals surface area contributed by atoms with Crippen LogP contribution in [0.4, 0.5) is 4.39 Å². The molecular formula is C17H24FNO. The van der Waals surface area contributed by atoms with E-state index in [1.807, 2.05) is 13.0 Å². The Labute approximate surface area is 120 Å². The maximum Gasteiger partial charge on any atom is 0.123 e. The molecule has 2 atom stereocenters. The molecule has 20 heavy (non-hydrogen) atoms. The first-order chi connectivity index (χ1) is 9.60. The average Bonchev–Trinajstić information content (AvgIpc) is 2.88. The van der Waals surface area contributed by atoms with Gasteiger partial charge in [-0.3, -0.25) is 0 Å². The smallest absolute Gasteiger partial charge is 0.123 e. The highest BCUT2D eigenvalue weighted by Crippen LogP contribution is 2.45. The Balaban J connectivity index is 1.79. The second-order valence-corrected chi connectivity index (χ2v) is 6.52. The number of hydrogen-bond acceptors (Lipinski definition) is 2. The highest BCUT2D eigenvalue weighted by Gasteiger charge is 2.41. The predicted molar refractivity (Wildman–Crippen MR) is 77.9 cm³/mol. The summed E-state index contributed by atoms with van der Waals surface area (Å²) in [6.45, 7) is 2.81. The fourth-order valence-corrected chi connectivity index (χ4v) is 3.96. The van der Waals surface area contributed by atoms with Gasteiger partial charge in [0.1, 0.15) is 5.82 Å². The normalized spacial score (nSPS) is 26.9. The summed E-state index contributed by atoms with van der Waals surface area (Å²) in [4.78, 5) is 0. The van der Waals surface area contributed by atoms with E-state index < -0.39 is 0 Å². The molecule has 1 aliphatic heterocycles. The summed E-state index contributed by atoms with van der Waals surface area (Å²) in [5.41, 5.74) is 8.59. The number of ether oxygens (including phenoxy) is 1. The third-order valence-electron chi connectivity index (χ3n) is 5.15.